The molecule has 0 radical (unpaired) electrons. The Labute approximate surface area is 129 Å². The molecule has 9 heteroatoms. The van der Waals surface area contributed by atoms with Gasteiger partial charge >= 0.3 is 5.97 Å². The summed E-state index contributed by atoms with van der Waals surface area (Å²) in [7, 11) is -3.03. The lowest BCUT2D eigenvalue weighted by Gasteiger charge is -2.09. The summed E-state index contributed by atoms with van der Waals surface area (Å²) in [5, 5.41) is 3.58. The third-order valence-electron chi connectivity index (χ3n) is 3.04. The lowest BCUT2D eigenvalue weighted by Crippen LogP contribution is -2.20. The van der Waals surface area contributed by atoms with Gasteiger partial charge in [0, 0.05) is 5.39 Å². The Hall–Kier alpha value is -1.19. The number of ether oxygens (including phenoxy) is 1. The van der Waals surface area contributed by atoms with Crippen LogP contribution < -0.4 is 0 Å². The third kappa shape index (κ3) is 3.53. The van der Waals surface area contributed by atoms with Crippen LogP contribution in [0.15, 0.2) is 22.8 Å². The third-order valence-corrected chi connectivity index (χ3v) is 6.58. The number of fused-ring (bicyclic) bond motifs is 1. The number of aromatic nitrogens is 2. The Morgan fingerprint density at radius 3 is 3.10 bits per heavy atom. The fourth-order valence-electron chi connectivity index (χ4n) is 2.08. The summed E-state index contributed by atoms with van der Waals surface area (Å²) in [5.74, 6) is -0.270. The lowest BCUT2D eigenvalue weighted by molar-refractivity contribution is -0.144. The number of carbonyl (C=O) groups excluding carboxylic acids is 1. The van der Waals surface area contributed by atoms with Gasteiger partial charge in [-0.3, -0.25) is 4.79 Å². The van der Waals surface area contributed by atoms with Crippen LogP contribution in [0, 0.1) is 0 Å². The van der Waals surface area contributed by atoms with E-state index in [-0.39, 0.29) is 17.3 Å². The fourth-order valence-corrected chi connectivity index (χ4v) is 5.24. The monoisotopic (exact) mass is 344 g/mol. The van der Waals surface area contributed by atoms with E-state index in [1.54, 1.807) is 0 Å². The lowest BCUT2D eigenvalue weighted by atomic mass is 10.3. The maximum absolute atomic E-state index is 11.8. The maximum Gasteiger partial charge on any atom is 0.316 e. The van der Waals surface area contributed by atoms with Gasteiger partial charge in [-0.25, -0.2) is 18.4 Å². The van der Waals surface area contributed by atoms with Crippen LogP contribution in [0.4, 0.5) is 0 Å². The van der Waals surface area contributed by atoms with Crippen molar-refractivity contribution < 1.29 is 17.9 Å². The first-order chi connectivity index (χ1) is 10.0. The number of nitrogens with zero attached hydrogens (tertiary/aromatic N) is 2. The van der Waals surface area contributed by atoms with Gasteiger partial charge in [0.25, 0.3) is 0 Å². The minimum Gasteiger partial charge on any atom is -0.461 e. The quantitative estimate of drug-likeness (QED) is 0.472. The van der Waals surface area contributed by atoms with Crippen molar-refractivity contribution in [3.63, 3.8) is 0 Å². The number of thiophene rings is 1. The molecular formula is C12H12N2O4S3. The molecule has 21 heavy (non-hydrogen) atoms. The number of rotatable bonds is 4. The highest BCUT2D eigenvalue weighted by molar-refractivity contribution is 8.00. The minimum atomic E-state index is -3.03. The van der Waals surface area contributed by atoms with Crippen molar-refractivity contribution in [3.05, 3.63) is 17.8 Å². The molecule has 1 fully saturated rings. The summed E-state index contributed by atoms with van der Waals surface area (Å²) in [4.78, 5) is 21.0. The zero-order valence-electron chi connectivity index (χ0n) is 10.9. The van der Waals surface area contributed by atoms with Gasteiger partial charge in [-0.2, -0.15) is 0 Å². The Morgan fingerprint density at radius 2 is 2.33 bits per heavy atom. The van der Waals surface area contributed by atoms with Crippen LogP contribution in [-0.4, -0.2) is 47.7 Å². The van der Waals surface area contributed by atoms with Gasteiger partial charge in [0.2, 0.25) is 0 Å². The molecule has 0 aromatic carbocycles. The molecule has 0 bridgehead atoms. The zero-order valence-corrected chi connectivity index (χ0v) is 13.3. The number of hydrogen-bond donors (Lipinski definition) is 0. The average molecular weight is 344 g/mol. The standard InChI is InChI=1S/C12H12N2O4S3/c15-10(18-8-2-4-21(16,17)6-8)5-20-12-9-1-3-19-11(9)13-7-14-12/h1,3,7-8H,2,4-6H2/t8-/m0/s1. The SMILES string of the molecule is O=C(CSc1ncnc2sccc12)O[C@H]1CCS(=O)(=O)C1. The molecule has 3 heterocycles. The van der Waals surface area contributed by atoms with Crippen LogP contribution in [0.5, 0.6) is 0 Å². The predicted molar refractivity (Wildman–Crippen MR) is 81.3 cm³/mol. The molecule has 0 saturated carbocycles. The molecule has 1 aliphatic rings. The Morgan fingerprint density at radius 1 is 1.48 bits per heavy atom. The van der Waals surface area contributed by atoms with Crippen LogP contribution in [0.1, 0.15) is 6.42 Å². The van der Waals surface area contributed by atoms with E-state index in [1.807, 2.05) is 11.4 Å². The fraction of sp³-hybridized carbons (Fsp3) is 0.417. The summed E-state index contributed by atoms with van der Waals surface area (Å²) < 4.78 is 27.8. The van der Waals surface area contributed by atoms with E-state index in [0.717, 1.165) is 15.2 Å². The highest BCUT2D eigenvalue weighted by atomic mass is 32.2. The van der Waals surface area contributed by atoms with E-state index in [4.69, 9.17) is 4.74 Å². The van der Waals surface area contributed by atoms with E-state index in [0.29, 0.717) is 6.42 Å². The van der Waals surface area contributed by atoms with Crippen molar-refractivity contribution in [2.75, 3.05) is 17.3 Å². The predicted octanol–water partition coefficient (Wildman–Crippen LogP) is 1.51. The molecule has 6 nitrogen and oxygen atoms in total. The number of sulfone groups is 1. The van der Waals surface area contributed by atoms with Gasteiger partial charge in [0.1, 0.15) is 22.3 Å². The van der Waals surface area contributed by atoms with Crippen molar-refractivity contribution in [1.29, 1.82) is 0 Å². The van der Waals surface area contributed by atoms with Gasteiger partial charge < -0.3 is 4.74 Å². The second-order valence-electron chi connectivity index (χ2n) is 4.62. The van der Waals surface area contributed by atoms with Gasteiger partial charge in [-0.05, 0) is 17.9 Å². The molecule has 2 aromatic heterocycles. The highest BCUT2D eigenvalue weighted by Crippen LogP contribution is 2.27. The van der Waals surface area contributed by atoms with Crippen LogP contribution in [0.25, 0.3) is 10.2 Å². The van der Waals surface area contributed by atoms with Gasteiger partial charge in [-0.15, -0.1) is 11.3 Å². The average Bonchev–Trinajstić information content (AvgIpc) is 3.03. The van der Waals surface area contributed by atoms with Crippen molar-refractivity contribution >= 4 is 49.1 Å². The molecule has 2 aromatic rings. The molecule has 112 valence electrons. The number of hydrogen-bond acceptors (Lipinski definition) is 8. The molecule has 3 rings (SSSR count). The van der Waals surface area contributed by atoms with Crippen molar-refractivity contribution in [3.8, 4) is 0 Å². The van der Waals surface area contributed by atoms with Crippen molar-refractivity contribution in [2.45, 2.75) is 17.6 Å². The molecule has 0 N–H and O–H groups in total. The van der Waals surface area contributed by atoms with E-state index in [1.165, 1.54) is 29.4 Å². The van der Waals surface area contributed by atoms with Gasteiger partial charge in [0.05, 0.1) is 17.3 Å². The molecule has 0 aliphatic carbocycles. The number of esters is 1. The summed E-state index contributed by atoms with van der Waals surface area (Å²) in [6.45, 7) is 0. The van der Waals surface area contributed by atoms with Crippen molar-refractivity contribution in [2.24, 2.45) is 0 Å². The summed E-state index contributed by atoms with van der Waals surface area (Å²) in [5.41, 5.74) is 0. The molecule has 1 aliphatic heterocycles. The topological polar surface area (TPSA) is 86.2 Å². The van der Waals surface area contributed by atoms with Crippen LogP contribution >= 0.6 is 23.1 Å². The van der Waals surface area contributed by atoms with E-state index in [9.17, 15) is 13.2 Å². The normalized spacial score (nSPS) is 20.7. The first-order valence-electron chi connectivity index (χ1n) is 6.24. The second-order valence-corrected chi connectivity index (χ2v) is 8.71. The molecule has 0 amide bonds. The Balaban J connectivity index is 1.58. The largest absolute Gasteiger partial charge is 0.461 e. The van der Waals surface area contributed by atoms with Crippen LogP contribution in [0.3, 0.4) is 0 Å². The molecular weight excluding hydrogens is 332 g/mol. The molecule has 0 spiro atoms. The first kappa shape index (κ1) is 14.7. The molecule has 0 unspecified atom stereocenters. The summed E-state index contributed by atoms with van der Waals surface area (Å²) in [6, 6.07) is 1.91. The summed E-state index contributed by atoms with van der Waals surface area (Å²) in [6.07, 6.45) is 1.35. The van der Waals surface area contributed by atoms with E-state index >= 15 is 0 Å². The Kier molecular flexibility index (Phi) is 4.14. The number of thioether (sulfide) groups is 1. The van der Waals surface area contributed by atoms with E-state index in [2.05, 4.69) is 9.97 Å². The van der Waals surface area contributed by atoms with Crippen molar-refractivity contribution in [1.82, 2.24) is 9.97 Å². The smallest absolute Gasteiger partial charge is 0.316 e. The summed E-state index contributed by atoms with van der Waals surface area (Å²) >= 11 is 2.79. The highest BCUT2D eigenvalue weighted by Gasteiger charge is 2.30. The van der Waals surface area contributed by atoms with Gasteiger partial charge in [0.15, 0.2) is 9.84 Å². The first-order valence-corrected chi connectivity index (χ1v) is 9.93. The second kappa shape index (κ2) is 5.90. The zero-order chi connectivity index (χ0) is 14.9. The van der Waals surface area contributed by atoms with Crippen LogP contribution in [0.2, 0.25) is 0 Å². The minimum absolute atomic E-state index is 0.0638. The van der Waals surface area contributed by atoms with Gasteiger partial charge in [-0.1, -0.05) is 11.8 Å². The number of carbonyl (C=O) groups is 1. The Bertz CT molecular complexity index is 772. The maximum atomic E-state index is 11.8. The molecule has 1 atom stereocenters. The van der Waals surface area contributed by atoms with Crippen LogP contribution in [-0.2, 0) is 19.4 Å². The van der Waals surface area contributed by atoms with E-state index < -0.39 is 21.9 Å². The molecule has 1 saturated heterocycles.